The maximum atomic E-state index is 11.6. The number of amides is 1. The lowest BCUT2D eigenvalue weighted by atomic mass is 10.2. The number of carbonyl (C=O) groups excluding carboxylic acids is 1. The molecule has 0 aromatic carbocycles. The summed E-state index contributed by atoms with van der Waals surface area (Å²) in [7, 11) is 0. The van der Waals surface area contributed by atoms with Crippen LogP contribution in [0.5, 0.6) is 0 Å². The molecule has 1 amide bonds. The lowest BCUT2D eigenvalue weighted by Crippen LogP contribution is -2.34. The van der Waals surface area contributed by atoms with Gasteiger partial charge < -0.3 is 10.6 Å². The monoisotopic (exact) mass is 364 g/mol. The molecule has 0 radical (unpaired) electrons. The fourth-order valence-electron chi connectivity index (χ4n) is 1.02. The Bertz CT molecular complexity index is 400. The number of hydrogen-bond acceptors (Lipinski definition) is 4. The number of carbonyl (C=O) groups is 1. The third kappa shape index (κ3) is 5.10. The van der Waals surface area contributed by atoms with Crippen molar-refractivity contribution in [1.29, 1.82) is 0 Å². The van der Waals surface area contributed by atoms with Crippen molar-refractivity contribution in [3.8, 4) is 0 Å². The summed E-state index contributed by atoms with van der Waals surface area (Å²) in [5.41, 5.74) is 0. The van der Waals surface area contributed by atoms with Crippen LogP contribution in [0, 0.1) is 0 Å². The van der Waals surface area contributed by atoms with Crippen molar-refractivity contribution in [1.82, 2.24) is 15.3 Å². The number of nitrogens with one attached hydrogen (secondary N) is 2. The summed E-state index contributed by atoms with van der Waals surface area (Å²) < 4.78 is 1.11. The van der Waals surface area contributed by atoms with Gasteiger partial charge in [0.05, 0.1) is 12.7 Å². The van der Waals surface area contributed by atoms with Crippen molar-refractivity contribution in [3.63, 3.8) is 0 Å². The molecule has 1 rings (SSSR count). The molecule has 94 valence electrons. The molecule has 1 aromatic rings. The molecule has 1 aromatic heterocycles. The van der Waals surface area contributed by atoms with Crippen LogP contribution in [0.25, 0.3) is 0 Å². The van der Waals surface area contributed by atoms with E-state index in [-0.39, 0.29) is 12.5 Å². The SMILES string of the molecule is CCC(C)NCC(=O)Nc1ncc(Br)nc1Br. The summed E-state index contributed by atoms with van der Waals surface area (Å²) in [5.74, 6) is 0.284. The lowest BCUT2D eigenvalue weighted by molar-refractivity contribution is -0.115. The van der Waals surface area contributed by atoms with Crippen molar-refractivity contribution < 1.29 is 4.79 Å². The average Bonchev–Trinajstić information content (AvgIpc) is 2.29. The van der Waals surface area contributed by atoms with E-state index in [1.165, 1.54) is 6.20 Å². The highest BCUT2D eigenvalue weighted by Crippen LogP contribution is 2.18. The molecule has 7 heteroatoms. The first-order valence-electron chi connectivity index (χ1n) is 5.24. The first-order chi connectivity index (χ1) is 8.02. The Morgan fingerprint density at radius 2 is 2.24 bits per heavy atom. The third-order valence-electron chi connectivity index (χ3n) is 2.18. The normalized spacial score (nSPS) is 12.2. The van der Waals surface area contributed by atoms with E-state index in [9.17, 15) is 4.79 Å². The van der Waals surface area contributed by atoms with E-state index in [0.29, 0.717) is 21.1 Å². The molecule has 1 heterocycles. The predicted molar refractivity (Wildman–Crippen MR) is 73.8 cm³/mol. The van der Waals surface area contributed by atoms with Crippen molar-refractivity contribution in [2.75, 3.05) is 11.9 Å². The number of hydrogen-bond donors (Lipinski definition) is 2. The second-order valence-corrected chi connectivity index (χ2v) is 5.13. The summed E-state index contributed by atoms with van der Waals surface area (Å²) in [6.07, 6.45) is 2.51. The minimum Gasteiger partial charge on any atom is -0.307 e. The average molecular weight is 366 g/mol. The van der Waals surface area contributed by atoms with Crippen LogP contribution in [0.1, 0.15) is 20.3 Å². The molecule has 1 atom stereocenters. The van der Waals surface area contributed by atoms with E-state index in [2.05, 4.69) is 59.4 Å². The Hall–Kier alpha value is -0.530. The first kappa shape index (κ1) is 14.5. The first-order valence-corrected chi connectivity index (χ1v) is 6.82. The van der Waals surface area contributed by atoms with Crippen molar-refractivity contribution in [2.24, 2.45) is 0 Å². The fourth-order valence-corrected chi connectivity index (χ4v) is 1.93. The number of rotatable bonds is 5. The molecule has 0 saturated heterocycles. The van der Waals surface area contributed by atoms with Crippen LogP contribution in [0.2, 0.25) is 0 Å². The van der Waals surface area contributed by atoms with Crippen molar-refractivity contribution in [2.45, 2.75) is 26.3 Å². The van der Waals surface area contributed by atoms with Crippen LogP contribution in [-0.4, -0.2) is 28.5 Å². The minimum atomic E-state index is -0.136. The van der Waals surface area contributed by atoms with Gasteiger partial charge >= 0.3 is 0 Å². The molecular formula is C10H14Br2N4O. The van der Waals surface area contributed by atoms with Gasteiger partial charge in [0.25, 0.3) is 0 Å². The van der Waals surface area contributed by atoms with Crippen LogP contribution in [0.4, 0.5) is 5.82 Å². The zero-order chi connectivity index (χ0) is 12.8. The Morgan fingerprint density at radius 3 is 2.82 bits per heavy atom. The molecule has 1 unspecified atom stereocenters. The molecule has 0 aliphatic heterocycles. The smallest absolute Gasteiger partial charge is 0.239 e. The van der Waals surface area contributed by atoms with Gasteiger partial charge in [0.1, 0.15) is 9.21 Å². The summed E-state index contributed by atoms with van der Waals surface area (Å²) in [5, 5.41) is 5.77. The molecule has 0 aliphatic carbocycles. The quantitative estimate of drug-likeness (QED) is 0.840. The van der Waals surface area contributed by atoms with Gasteiger partial charge in [-0.15, -0.1) is 0 Å². The second kappa shape index (κ2) is 7.03. The fraction of sp³-hybridized carbons (Fsp3) is 0.500. The van der Waals surface area contributed by atoms with E-state index in [1.54, 1.807) is 0 Å². The highest BCUT2D eigenvalue weighted by atomic mass is 79.9. The van der Waals surface area contributed by atoms with E-state index >= 15 is 0 Å². The summed E-state index contributed by atoms with van der Waals surface area (Å²) in [4.78, 5) is 19.7. The van der Waals surface area contributed by atoms with E-state index in [0.717, 1.165) is 6.42 Å². The van der Waals surface area contributed by atoms with Gasteiger partial charge in [0.15, 0.2) is 5.82 Å². The summed E-state index contributed by atoms with van der Waals surface area (Å²) in [6.45, 7) is 4.36. The van der Waals surface area contributed by atoms with Crippen molar-refractivity contribution >= 4 is 43.6 Å². The Balaban J connectivity index is 2.50. The Kier molecular flexibility index (Phi) is 6.01. The van der Waals surface area contributed by atoms with Crippen LogP contribution in [0.15, 0.2) is 15.4 Å². The van der Waals surface area contributed by atoms with Crippen LogP contribution >= 0.6 is 31.9 Å². The molecular weight excluding hydrogens is 352 g/mol. The lowest BCUT2D eigenvalue weighted by Gasteiger charge is -2.11. The largest absolute Gasteiger partial charge is 0.307 e. The highest BCUT2D eigenvalue weighted by molar-refractivity contribution is 9.11. The minimum absolute atomic E-state index is 0.136. The van der Waals surface area contributed by atoms with Crippen LogP contribution in [-0.2, 0) is 4.79 Å². The van der Waals surface area contributed by atoms with Gasteiger partial charge in [-0.05, 0) is 45.2 Å². The number of aromatic nitrogens is 2. The Morgan fingerprint density at radius 1 is 1.53 bits per heavy atom. The van der Waals surface area contributed by atoms with Crippen LogP contribution in [0.3, 0.4) is 0 Å². The maximum Gasteiger partial charge on any atom is 0.239 e. The Labute approximate surface area is 117 Å². The maximum absolute atomic E-state index is 11.6. The second-order valence-electron chi connectivity index (χ2n) is 3.57. The van der Waals surface area contributed by atoms with Gasteiger partial charge in [-0.3, -0.25) is 4.79 Å². The van der Waals surface area contributed by atoms with Crippen LogP contribution < -0.4 is 10.6 Å². The van der Waals surface area contributed by atoms with Gasteiger partial charge in [0, 0.05) is 6.04 Å². The molecule has 17 heavy (non-hydrogen) atoms. The van der Waals surface area contributed by atoms with Gasteiger partial charge in [-0.25, -0.2) is 9.97 Å². The van der Waals surface area contributed by atoms with E-state index in [1.807, 2.05) is 6.92 Å². The zero-order valence-electron chi connectivity index (χ0n) is 9.63. The number of anilines is 1. The van der Waals surface area contributed by atoms with Crippen molar-refractivity contribution in [3.05, 3.63) is 15.4 Å². The van der Waals surface area contributed by atoms with Gasteiger partial charge in [-0.1, -0.05) is 6.92 Å². The molecule has 0 aliphatic rings. The molecule has 0 bridgehead atoms. The van der Waals surface area contributed by atoms with E-state index < -0.39 is 0 Å². The van der Waals surface area contributed by atoms with Gasteiger partial charge in [-0.2, -0.15) is 0 Å². The van der Waals surface area contributed by atoms with E-state index in [4.69, 9.17) is 0 Å². The number of nitrogens with zero attached hydrogens (tertiary/aromatic N) is 2. The molecule has 0 saturated carbocycles. The molecule has 5 nitrogen and oxygen atoms in total. The summed E-state index contributed by atoms with van der Waals surface area (Å²) in [6, 6.07) is 0.320. The highest BCUT2D eigenvalue weighted by Gasteiger charge is 2.09. The van der Waals surface area contributed by atoms with Gasteiger partial charge in [0.2, 0.25) is 5.91 Å². The standard InChI is InChI=1S/C10H14Br2N4O/c1-3-6(2)13-5-8(17)16-10-9(12)15-7(11)4-14-10/h4,6,13H,3,5H2,1-2H3,(H,14,16,17). The zero-order valence-corrected chi connectivity index (χ0v) is 12.8. The molecule has 2 N–H and O–H groups in total. The number of halogens is 2. The molecule has 0 fully saturated rings. The third-order valence-corrected chi connectivity index (χ3v) is 3.12. The molecule has 0 spiro atoms. The topological polar surface area (TPSA) is 66.9 Å². The summed E-state index contributed by atoms with van der Waals surface area (Å²) >= 11 is 6.42. The predicted octanol–water partition coefficient (Wildman–Crippen LogP) is 2.33.